The second kappa shape index (κ2) is 6.21. The van der Waals surface area contributed by atoms with Crippen LogP contribution in [-0.2, 0) is 11.2 Å². The minimum atomic E-state index is -0.912. The zero-order chi connectivity index (χ0) is 14.0. The van der Waals surface area contributed by atoms with Gasteiger partial charge in [0, 0.05) is 11.8 Å². The van der Waals surface area contributed by atoms with Gasteiger partial charge < -0.3 is 5.11 Å². The number of aromatic amines is 1. The molecule has 1 aromatic heterocycles. The molecule has 2 aromatic rings. The number of hydrogen-bond acceptors (Lipinski definition) is 3. The third-order valence-electron chi connectivity index (χ3n) is 2.68. The Bertz CT molecular complexity index is 731. The number of H-pyrrole nitrogens is 1. The van der Waals surface area contributed by atoms with E-state index in [9.17, 15) is 14.4 Å². The van der Waals surface area contributed by atoms with E-state index in [2.05, 4.69) is 4.98 Å². The Morgan fingerprint density at radius 2 is 1.85 bits per heavy atom. The predicted octanol–water partition coefficient (Wildman–Crippen LogP) is 0.883. The molecule has 0 spiro atoms. The van der Waals surface area contributed by atoms with Crippen molar-refractivity contribution in [2.75, 3.05) is 0 Å². The van der Waals surface area contributed by atoms with Gasteiger partial charge >= 0.3 is 11.7 Å². The maximum atomic E-state index is 11.7. The molecule has 0 amide bonds. The molecule has 0 aliphatic carbocycles. The number of hydrogen-bond donors (Lipinski definition) is 2. The first-order chi connectivity index (χ1) is 8.97. The highest BCUT2D eigenvalue weighted by atomic mass is 35.5. The Labute approximate surface area is 120 Å². The van der Waals surface area contributed by atoms with Crippen LogP contribution < -0.4 is 11.2 Å². The maximum absolute atomic E-state index is 11.7. The van der Waals surface area contributed by atoms with E-state index in [-0.39, 0.29) is 18.8 Å². The molecule has 2 N–H and O–H groups in total. The Kier molecular flexibility index (Phi) is 4.88. The van der Waals surface area contributed by atoms with E-state index in [1.54, 1.807) is 31.2 Å². The number of carboxylic acids is 1. The number of benzene rings is 1. The fourth-order valence-corrected chi connectivity index (χ4v) is 1.87. The molecule has 1 heterocycles. The van der Waals surface area contributed by atoms with Gasteiger partial charge in [-0.05, 0) is 24.6 Å². The summed E-state index contributed by atoms with van der Waals surface area (Å²) >= 11 is 0. The number of halogens is 1. The van der Waals surface area contributed by atoms with Crippen molar-refractivity contribution in [1.29, 1.82) is 0 Å². The molecule has 0 saturated heterocycles. The standard InChI is InChI=1S/C13H12N2O4.ClH/c1-8-6-11(16)14-13(19)15(8)10-4-2-9(3-5-10)7-12(17)18;/h2-6H,7H2,1H3,(H,17,18)(H,14,16,19);1H. The van der Waals surface area contributed by atoms with Gasteiger partial charge in [0.2, 0.25) is 0 Å². The first-order valence-corrected chi connectivity index (χ1v) is 5.61. The van der Waals surface area contributed by atoms with Crippen molar-refractivity contribution in [2.24, 2.45) is 0 Å². The summed E-state index contributed by atoms with van der Waals surface area (Å²) < 4.78 is 1.35. The van der Waals surface area contributed by atoms with E-state index in [0.717, 1.165) is 0 Å². The first-order valence-electron chi connectivity index (χ1n) is 5.61. The van der Waals surface area contributed by atoms with Crippen LogP contribution in [0.1, 0.15) is 11.3 Å². The van der Waals surface area contributed by atoms with Gasteiger partial charge in [-0.2, -0.15) is 0 Å². The molecule has 20 heavy (non-hydrogen) atoms. The van der Waals surface area contributed by atoms with Gasteiger partial charge in [-0.3, -0.25) is 19.1 Å². The third-order valence-corrected chi connectivity index (χ3v) is 2.68. The minimum absolute atomic E-state index is 0. The second-order valence-electron chi connectivity index (χ2n) is 4.15. The van der Waals surface area contributed by atoms with Crippen molar-refractivity contribution in [3.63, 3.8) is 0 Å². The summed E-state index contributed by atoms with van der Waals surface area (Å²) in [5.74, 6) is -0.912. The number of rotatable bonds is 3. The van der Waals surface area contributed by atoms with Gasteiger partial charge in [0.05, 0.1) is 12.1 Å². The summed E-state index contributed by atoms with van der Waals surface area (Å²) in [5.41, 5.74) is 0.774. The van der Waals surface area contributed by atoms with Crippen LogP contribution in [0.2, 0.25) is 0 Å². The molecular formula is C13H13ClN2O4. The van der Waals surface area contributed by atoms with Gasteiger partial charge in [0.1, 0.15) is 0 Å². The normalized spacial score (nSPS) is 9.85. The number of aliphatic carboxylic acids is 1. The zero-order valence-electron chi connectivity index (χ0n) is 10.6. The lowest BCUT2D eigenvalue weighted by atomic mass is 10.1. The average Bonchev–Trinajstić information content (AvgIpc) is 2.29. The van der Waals surface area contributed by atoms with E-state index < -0.39 is 17.2 Å². The number of nitrogens with one attached hydrogen (secondary N) is 1. The third kappa shape index (κ3) is 3.36. The van der Waals surface area contributed by atoms with Crippen LogP contribution in [0, 0.1) is 6.92 Å². The molecule has 0 fully saturated rings. The smallest absolute Gasteiger partial charge is 0.333 e. The average molecular weight is 297 g/mol. The molecule has 0 radical (unpaired) electrons. The summed E-state index contributed by atoms with van der Waals surface area (Å²) in [4.78, 5) is 35.6. The molecule has 0 bridgehead atoms. The van der Waals surface area contributed by atoms with Gasteiger partial charge in [-0.15, -0.1) is 12.4 Å². The molecule has 0 unspecified atom stereocenters. The number of nitrogens with zero attached hydrogens (tertiary/aromatic N) is 1. The van der Waals surface area contributed by atoms with Crippen LogP contribution in [0.25, 0.3) is 5.69 Å². The molecule has 6 nitrogen and oxygen atoms in total. The first kappa shape index (κ1) is 15.7. The molecule has 0 aliphatic rings. The van der Waals surface area contributed by atoms with Crippen LogP contribution in [-0.4, -0.2) is 20.6 Å². The maximum Gasteiger partial charge on any atom is 0.333 e. The summed E-state index contributed by atoms with van der Waals surface area (Å²) in [5, 5.41) is 8.68. The Morgan fingerprint density at radius 1 is 1.25 bits per heavy atom. The molecule has 0 saturated carbocycles. The molecule has 0 aliphatic heterocycles. The van der Waals surface area contributed by atoms with Crippen LogP contribution >= 0.6 is 12.4 Å². The highest BCUT2D eigenvalue weighted by molar-refractivity contribution is 5.85. The zero-order valence-corrected chi connectivity index (χ0v) is 11.4. The van der Waals surface area contributed by atoms with Gasteiger partial charge in [-0.1, -0.05) is 12.1 Å². The number of carbonyl (C=O) groups is 1. The van der Waals surface area contributed by atoms with E-state index in [1.165, 1.54) is 10.6 Å². The van der Waals surface area contributed by atoms with E-state index in [0.29, 0.717) is 16.9 Å². The van der Waals surface area contributed by atoms with Crippen molar-refractivity contribution in [1.82, 2.24) is 9.55 Å². The molecular weight excluding hydrogens is 284 g/mol. The number of aromatic nitrogens is 2. The topological polar surface area (TPSA) is 92.2 Å². The van der Waals surface area contributed by atoms with Gasteiger partial charge in [0.15, 0.2) is 0 Å². The summed E-state index contributed by atoms with van der Waals surface area (Å²) in [6, 6.07) is 7.89. The largest absolute Gasteiger partial charge is 0.481 e. The van der Waals surface area contributed by atoms with Crippen LogP contribution in [0.15, 0.2) is 39.9 Å². The summed E-state index contributed by atoms with van der Waals surface area (Å²) in [6.45, 7) is 1.65. The Hall–Kier alpha value is -2.34. The summed E-state index contributed by atoms with van der Waals surface area (Å²) in [7, 11) is 0. The fraction of sp³-hybridized carbons (Fsp3) is 0.154. The lowest BCUT2D eigenvalue weighted by Gasteiger charge is -2.09. The highest BCUT2D eigenvalue weighted by Crippen LogP contribution is 2.09. The monoisotopic (exact) mass is 296 g/mol. The molecule has 2 rings (SSSR count). The molecule has 106 valence electrons. The summed E-state index contributed by atoms with van der Waals surface area (Å²) in [6.07, 6.45) is -0.0697. The van der Waals surface area contributed by atoms with Gasteiger partial charge in [0.25, 0.3) is 5.56 Å². The van der Waals surface area contributed by atoms with E-state index in [4.69, 9.17) is 5.11 Å². The van der Waals surface area contributed by atoms with E-state index >= 15 is 0 Å². The fourth-order valence-electron chi connectivity index (χ4n) is 1.87. The van der Waals surface area contributed by atoms with Crippen molar-refractivity contribution < 1.29 is 9.90 Å². The second-order valence-corrected chi connectivity index (χ2v) is 4.15. The number of aryl methyl sites for hydroxylation is 1. The van der Waals surface area contributed by atoms with Crippen LogP contribution in [0.5, 0.6) is 0 Å². The van der Waals surface area contributed by atoms with Gasteiger partial charge in [-0.25, -0.2) is 4.79 Å². The van der Waals surface area contributed by atoms with Crippen LogP contribution in [0.4, 0.5) is 0 Å². The van der Waals surface area contributed by atoms with Crippen molar-refractivity contribution in [3.05, 3.63) is 62.4 Å². The number of carboxylic acid groups (broad SMARTS) is 1. The lowest BCUT2D eigenvalue weighted by molar-refractivity contribution is -0.136. The van der Waals surface area contributed by atoms with E-state index in [1.807, 2.05) is 0 Å². The lowest BCUT2D eigenvalue weighted by Crippen LogP contribution is -2.29. The Morgan fingerprint density at radius 3 is 2.35 bits per heavy atom. The van der Waals surface area contributed by atoms with Crippen molar-refractivity contribution in [3.8, 4) is 5.69 Å². The Balaban J connectivity index is 0.00000200. The molecule has 1 aromatic carbocycles. The predicted molar refractivity (Wildman–Crippen MR) is 76.0 cm³/mol. The molecule has 7 heteroatoms. The highest BCUT2D eigenvalue weighted by Gasteiger charge is 2.06. The van der Waals surface area contributed by atoms with Crippen molar-refractivity contribution >= 4 is 18.4 Å². The van der Waals surface area contributed by atoms with Crippen LogP contribution in [0.3, 0.4) is 0 Å². The molecule has 0 atom stereocenters. The quantitative estimate of drug-likeness (QED) is 0.879. The SMILES string of the molecule is Cc1cc(=O)[nH]c(=O)n1-c1ccc(CC(=O)O)cc1.Cl. The minimum Gasteiger partial charge on any atom is -0.481 e. The van der Waals surface area contributed by atoms with Crippen molar-refractivity contribution in [2.45, 2.75) is 13.3 Å².